The summed E-state index contributed by atoms with van der Waals surface area (Å²) in [5.41, 5.74) is -0.209. The Hall–Kier alpha value is -3.57. The van der Waals surface area contributed by atoms with Crippen LogP contribution in [0.25, 0.3) is 0 Å². The van der Waals surface area contributed by atoms with E-state index in [1.807, 2.05) is 0 Å². The van der Waals surface area contributed by atoms with E-state index in [4.69, 9.17) is 4.74 Å². The molecule has 12 heteroatoms. The summed E-state index contributed by atoms with van der Waals surface area (Å²) in [7, 11) is 0. The average Bonchev–Trinajstić information content (AvgIpc) is 3.33. The first-order valence-electron chi connectivity index (χ1n) is 11.8. The number of rotatable bonds is 2. The van der Waals surface area contributed by atoms with Crippen LogP contribution in [-0.4, -0.2) is 43.0 Å². The Morgan fingerprint density at radius 1 is 1.14 bits per heavy atom. The highest BCUT2D eigenvalue weighted by Gasteiger charge is 2.51. The Morgan fingerprint density at radius 3 is 2.50 bits per heavy atom. The minimum atomic E-state index is -2.82. The minimum Gasteiger partial charge on any atom is -0.444 e. The second kappa shape index (κ2) is 7.97. The lowest BCUT2D eigenvalue weighted by atomic mass is 9.86. The predicted octanol–water partition coefficient (Wildman–Crippen LogP) is 3.55. The Kier molecular flexibility index (Phi) is 5.34. The van der Waals surface area contributed by atoms with Gasteiger partial charge in [0.1, 0.15) is 34.8 Å². The van der Waals surface area contributed by atoms with Crippen molar-refractivity contribution in [1.29, 1.82) is 0 Å². The molecular weight excluding hydrogens is 474 g/mol. The van der Waals surface area contributed by atoms with Gasteiger partial charge in [-0.25, -0.2) is 23.5 Å². The number of pyridine rings is 1. The van der Waals surface area contributed by atoms with Gasteiger partial charge in [0.15, 0.2) is 0 Å². The largest absolute Gasteiger partial charge is 0.444 e. The number of fused-ring (bicyclic) bond motifs is 3. The monoisotopic (exact) mass is 502 g/mol. The molecule has 192 valence electrons. The van der Waals surface area contributed by atoms with Crippen LogP contribution < -0.4 is 16.2 Å². The molecule has 10 nitrogen and oxygen atoms in total. The van der Waals surface area contributed by atoms with E-state index in [0.29, 0.717) is 22.6 Å². The number of carbonyl (C=O) groups excluding carboxylic acids is 2. The highest BCUT2D eigenvalue weighted by molar-refractivity contribution is 5.97. The van der Waals surface area contributed by atoms with Crippen molar-refractivity contribution < 1.29 is 23.1 Å². The van der Waals surface area contributed by atoms with E-state index in [9.17, 15) is 23.2 Å². The van der Waals surface area contributed by atoms with Crippen molar-refractivity contribution in [2.75, 3.05) is 5.32 Å². The second-order valence-corrected chi connectivity index (χ2v) is 10.7. The summed E-state index contributed by atoms with van der Waals surface area (Å²) in [6, 6.07) is 1.55. The maximum Gasteiger partial charge on any atom is 0.410 e. The Bertz CT molecular complexity index is 1320. The summed E-state index contributed by atoms with van der Waals surface area (Å²) in [5, 5.41) is 5.86. The molecule has 36 heavy (non-hydrogen) atoms. The number of aryl methyl sites for hydroxylation is 1. The lowest BCUT2D eigenvalue weighted by molar-refractivity contribution is -0.0667. The predicted molar refractivity (Wildman–Crippen MR) is 125 cm³/mol. The first kappa shape index (κ1) is 24.1. The Morgan fingerprint density at radius 2 is 1.83 bits per heavy atom. The van der Waals surface area contributed by atoms with Crippen molar-refractivity contribution >= 4 is 23.5 Å². The van der Waals surface area contributed by atoms with Crippen LogP contribution in [0.1, 0.15) is 73.8 Å². The fraction of sp³-hybridized carbons (Fsp3) is 0.542. The van der Waals surface area contributed by atoms with Crippen LogP contribution in [-0.2, 0) is 23.5 Å². The van der Waals surface area contributed by atoms with Crippen LogP contribution in [0.2, 0.25) is 0 Å². The zero-order valence-electron chi connectivity index (χ0n) is 20.6. The van der Waals surface area contributed by atoms with Gasteiger partial charge < -0.3 is 15.4 Å². The summed E-state index contributed by atoms with van der Waals surface area (Å²) in [6.45, 7) is 7.47. The fourth-order valence-electron chi connectivity index (χ4n) is 5.10. The van der Waals surface area contributed by atoms with Gasteiger partial charge in [-0.15, -0.1) is 0 Å². The SMILES string of the molecule is Cc1cc(Nc2ncnc3c2CN(C(=O)OC(C)(C)C)C3)c(=O)n2c1C(=O)NC21CCC(F)(F)CC1. The van der Waals surface area contributed by atoms with Crippen molar-refractivity contribution in [3.05, 3.63) is 45.3 Å². The number of hydrogen-bond donors (Lipinski definition) is 2. The molecule has 1 saturated carbocycles. The van der Waals surface area contributed by atoms with E-state index in [-0.39, 0.29) is 37.3 Å². The van der Waals surface area contributed by atoms with Gasteiger partial charge in [0.2, 0.25) is 5.92 Å². The lowest BCUT2D eigenvalue weighted by Gasteiger charge is -2.38. The van der Waals surface area contributed by atoms with Crippen LogP contribution in [0.5, 0.6) is 0 Å². The standard InChI is InChI=1S/C24H28F2N6O4/c1-13-9-15(20(34)32-17(13)19(33)30-24(32)7-5-23(25,26)6-8-24)29-18-14-10-31(11-16(14)27-12-28-18)21(35)36-22(2,3)4/h9,12H,5-8,10-11H2,1-4H3,(H,30,33)(H,27,28,29). The normalized spacial score (nSPS) is 19.6. The second-order valence-electron chi connectivity index (χ2n) is 10.7. The summed E-state index contributed by atoms with van der Waals surface area (Å²) in [6.07, 6.45) is -0.0793. The van der Waals surface area contributed by atoms with Gasteiger partial charge in [-0.2, -0.15) is 0 Å². The highest BCUT2D eigenvalue weighted by atomic mass is 19.3. The number of ether oxygens (including phenoxy) is 1. The average molecular weight is 503 g/mol. The van der Waals surface area contributed by atoms with Gasteiger partial charge in [0, 0.05) is 18.4 Å². The third-order valence-corrected chi connectivity index (χ3v) is 6.82. The van der Waals surface area contributed by atoms with Crippen molar-refractivity contribution in [2.24, 2.45) is 0 Å². The maximum absolute atomic E-state index is 13.9. The molecule has 5 rings (SSSR count). The third kappa shape index (κ3) is 4.07. The van der Waals surface area contributed by atoms with Crippen LogP contribution in [0.3, 0.4) is 0 Å². The fourth-order valence-corrected chi connectivity index (χ4v) is 5.10. The summed E-state index contributed by atoms with van der Waals surface area (Å²) in [5.74, 6) is -2.92. The van der Waals surface area contributed by atoms with Gasteiger partial charge in [-0.1, -0.05) is 0 Å². The molecule has 1 spiro atoms. The minimum absolute atomic E-state index is 0.0463. The lowest BCUT2D eigenvalue weighted by Crippen LogP contribution is -2.51. The number of carbonyl (C=O) groups is 2. The number of hydrogen-bond acceptors (Lipinski definition) is 7. The van der Waals surface area contributed by atoms with E-state index >= 15 is 0 Å². The molecule has 2 aromatic heterocycles. The van der Waals surface area contributed by atoms with Gasteiger partial charge in [-0.05, 0) is 52.2 Å². The van der Waals surface area contributed by atoms with Crippen LogP contribution in [0, 0.1) is 6.92 Å². The molecule has 0 radical (unpaired) electrons. The zero-order chi connectivity index (χ0) is 26.0. The Balaban J connectivity index is 1.48. The highest BCUT2D eigenvalue weighted by Crippen LogP contribution is 2.43. The maximum atomic E-state index is 13.9. The first-order valence-corrected chi connectivity index (χ1v) is 11.8. The van der Waals surface area contributed by atoms with Crippen LogP contribution in [0.4, 0.5) is 25.1 Å². The van der Waals surface area contributed by atoms with E-state index < -0.39 is 47.6 Å². The van der Waals surface area contributed by atoms with Crippen molar-refractivity contribution in [3.63, 3.8) is 0 Å². The molecule has 0 atom stereocenters. The molecule has 0 aromatic carbocycles. The molecule has 0 bridgehead atoms. The number of halogens is 2. The van der Waals surface area contributed by atoms with Crippen molar-refractivity contribution in [3.8, 4) is 0 Å². The topological polar surface area (TPSA) is 118 Å². The van der Waals surface area contributed by atoms with Crippen LogP contribution >= 0.6 is 0 Å². The van der Waals surface area contributed by atoms with E-state index in [1.165, 1.54) is 15.8 Å². The first-order chi connectivity index (χ1) is 16.8. The molecule has 1 fully saturated rings. The summed E-state index contributed by atoms with van der Waals surface area (Å²) >= 11 is 0. The zero-order valence-corrected chi connectivity index (χ0v) is 20.6. The number of nitrogens with one attached hydrogen (secondary N) is 2. The number of anilines is 2. The summed E-state index contributed by atoms with van der Waals surface area (Å²) < 4.78 is 34.6. The Labute approximate surface area is 206 Å². The molecular formula is C24H28F2N6O4. The van der Waals surface area contributed by atoms with Crippen molar-refractivity contribution in [1.82, 2.24) is 24.8 Å². The van der Waals surface area contributed by atoms with Gasteiger partial charge in [0.05, 0.1) is 18.8 Å². The number of nitrogens with zero attached hydrogens (tertiary/aromatic N) is 4. The molecule has 2 N–H and O–H groups in total. The number of amides is 2. The smallest absolute Gasteiger partial charge is 0.410 e. The van der Waals surface area contributed by atoms with Gasteiger partial charge >= 0.3 is 6.09 Å². The summed E-state index contributed by atoms with van der Waals surface area (Å²) in [4.78, 5) is 49.0. The van der Waals surface area contributed by atoms with Crippen molar-refractivity contribution in [2.45, 2.75) is 83.7 Å². The third-order valence-electron chi connectivity index (χ3n) is 6.82. The van der Waals surface area contributed by atoms with Crippen LogP contribution in [0.15, 0.2) is 17.2 Å². The van der Waals surface area contributed by atoms with E-state index in [1.54, 1.807) is 33.8 Å². The molecule has 0 unspecified atom stereocenters. The quantitative estimate of drug-likeness (QED) is 0.645. The molecule has 2 amide bonds. The van der Waals surface area contributed by atoms with E-state index in [2.05, 4.69) is 20.6 Å². The molecule has 3 aliphatic rings. The molecule has 4 heterocycles. The molecule has 1 aliphatic carbocycles. The number of aromatic nitrogens is 3. The van der Waals surface area contributed by atoms with E-state index in [0.717, 1.165) is 0 Å². The molecule has 2 aromatic rings. The van der Waals surface area contributed by atoms with Gasteiger partial charge in [-0.3, -0.25) is 19.1 Å². The molecule has 0 saturated heterocycles. The molecule has 2 aliphatic heterocycles. The van der Waals surface area contributed by atoms with Gasteiger partial charge in [0.25, 0.3) is 11.5 Å². The number of alkyl halides is 2.